The van der Waals surface area contributed by atoms with E-state index in [2.05, 4.69) is 0 Å². The number of carbonyl (C=O) groups excluding carboxylic acids is 1. The van der Waals surface area contributed by atoms with Gasteiger partial charge in [0.2, 0.25) is 5.91 Å². The molecule has 2 rings (SSSR count). The molecule has 0 saturated carbocycles. The van der Waals surface area contributed by atoms with Crippen LogP contribution in [0.25, 0.3) is 0 Å². The second-order valence-electron chi connectivity index (χ2n) is 4.76. The molecule has 1 heterocycles. The summed E-state index contributed by atoms with van der Waals surface area (Å²) in [4.78, 5) is 25.4. The molecule has 1 saturated heterocycles. The van der Waals surface area contributed by atoms with E-state index in [1.807, 2.05) is 4.90 Å². The van der Waals surface area contributed by atoms with Crippen LogP contribution >= 0.6 is 0 Å². The van der Waals surface area contributed by atoms with Crippen LogP contribution in [0.1, 0.15) is 5.56 Å². The predicted molar refractivity (Wildman–Crippen MR) is 74.9 cm³/mol. The lowest BCUT2D eigenvalue weighted by Gasteiger charge is -2.35. The fourth-order valence-electron chi connectivity index (χ4n) is 2.37. The van der Waals surface area contributed by atoms with Gasteiger partial charge in [0.05, 0.1) is 11.5 Å². The van der Waals surface area contributed by atoms with Crippen molar-refractivity contribution >= 4 is 17.3 Å². The number of benzene rings is 1. The van der Waals surface area contributed by atoms with Gasteiger partial charge in [-0.25, -0.2) is 0 Å². The van der Waals surface area contributed by atoms with Crippen LogP contribution in [0.2, 0.25) is 0 Å². The normalized spacial score (nSPS) is 15.1. The Labute approximate surface area is 121 Å². The van der Waals surface area contributed by atoms with Gasteiger partial charge in [0.25, 0.3) is 5.69 Å². The van der Waals surface area contributed by atoms with Gasteiger partial charge in [-0.3, -0.25) is 14.9 Å². The van der Waals surface area contributed by atoms with E-state index in [1.165, 1.54) is 17.0 Å². The molecule has 0 unspecified atom stereocenters. The minimum Gasteiger partial charge on any atom is -0.392 e. The van der Waals surface area contributed by atoms with E-state index >= 15 is 0 Å². The standard InChI is InChI=1S/C13H17N3O5/c17-8-10-1-2-11(16(20)21)12(7-10)14-3-5-15(6-4-14)13(19)9-18/h1-2,7,17-18H,3-6,8-9H2. The fraction of sp³-hybridized carbons (Fsp3) is 0.462. The molecule has 1 aromatic rings. The van der Waals surface area contributed by atoms with Crippen LogP contribution in [0, 0.1) is 10.1 Å². The fourth-order valence-corrected chi connectivity index (χ4v) is 2.37. The summed E-state index contributed by atoms with van der Waals surface area (Å²) in [6.07, 6.45) is 0. The summed E-state index contributed by atoms with van der Waals surface area (Å²) in [7, 11) is 0. The number of nitrogens with zero attached hydrogens (tertiary/aromatic N) is 3. The molecule has 0 aliphatic carbocycles. The van der Waals surface area contributed by atoms with Crippen molar-refractivity contribution in [2.24, 2.45) is 0 Å². The molecule has 1 aliphatic heterocycles. The van der Waals surface area contributed by atoms with Gasteiger partial charge in [-0.05, 0) is 17.7 Å². The lowest BCUT2D eigenvalue weighted by atomic mass is 10.1. The van der Waals surface area contributed by atoms with Gasteiger partial charge in [0.15, 0.2) is 0 Å². The molecule has 0 radical (unpaired) electrons. The van der Waals surface area contributed by atoms with Crippen LogP contribution in [0.15, 0.2) is 18.2 Å². The summed E-state index contributed by atoms with van der Waals surface area (Å²) in [5.41, 5.74) is 1.03. The Morgan fingerprint density at radius 1 is 1.24 bits per heavy atom. The third-order valence-electron chi connectivity index (χ3n) is 3.53. The van der Waals surface area contributed by atoms with Gasteiger partial charge >= 0.3 is 0 Å². The van der Waals surface area contributed by atoms with Crippen LogP contribution < -0.4 is 4.90 Å². The molecular weight excluding hydrogens is 278 g/mol. The molecule has 8 heteroatoms. The summed E-state index contributed by atoms with van der Waals surface area (Å²) in [6, 6.07) is 4.50. The van der Waals surface area contributed by atoms with Crippen LogP contribution in [-0.4, -0.2) is 58.7 Å². The van der Waals surface area contributed by atoms with Crippen molar-refractivity contribution in [3.63, 3.8) is 0 Å². The number of anilines is 1. The monoisotopic (exact) mass is 295 g/mol. The van der Waals surface area contributed by atoms with Crippen molar-refractivity contribution in [1.82, 2.24) is 4.90 Å². The van der Waals surface area contributed by atoms with E-state index in [9.17, 15) is 14.9 Å². The van der Waals surface area contributed by atoms with E-state index in [0.717, 1.165) is 0 Å². The van der Waals surface area contributed by atoms with Gasteiger partial charge < -0.3 is 20.0 Å². The minimum atomic E-state index is -0.528. The summed E-state index contributed by atoms with van der Waals surface area (Å²) in [5.74, 6) is -0.340. The first-order valence-corrected chi connectivity index (χ1v) is 6.58. The molecule has 2 N–H and O–H groups in total. The van der Waals surface area contributed by atoms with E-state index in [0.29, 0.717) is 37.4 Å². The van der Waals surface area contributed by atoms with Crippen LogP contribution in [0.3, 0.4) is 0 Å². The third-order valence-corrected chi connectivity index (χ3v) is 3.53. The zero-order valence-corrected chi connectivity index (χ0v) is 11.4. The van der Waals surface area contributed by atoms with Gasteiger partial charge in [-0.1, -0.05) is 0 Å². The molecule has 0 spiro atoms. The second kappa shape index (κ2) is 6.51. The molecule has 1 fully saturated rings. The van der Waals surface area contributed by atoms with Gasteiger partial charge in [-0.15, -0.1) is 0 Å². The number of aliphatic hydroxyl groups is 2. The first-order chi connectivity index (χ1) is 10.1. The van der Waals surface area contributed by atoms with Crippen molar-refractivity contribution in [1.29, 1.82) is 0 Å². The number of amides is 1. The highest BCUT2D eigenvalue weighted by atomic mass is 16.6. The average molecular weight is 295 g/mol. The topological polar surface area (TPSA) is 107 Å². The molecule has 0 atom stereocenters. The SMILES string of the molecule is O=C(CO)N1CCN(c2cc(CO)ccc2[N+](=O)[O-])CC1. The minimum absolute atomic E-state index is 0.0193. The lowest BCUT2D eigenvalue weighted by Crippen LogP contribution is -2.49. The maximum atomic E-state index is 11.4. The number of piperazine rings is 1. The maximum absolute atomic E-state index is 11.4. The Morgan fingerprint density at radius 3 is 2.43 bits per heavy atom. The number of hydrogen-bond donors (Lipinski definition) is 2. The van der Waals surface area contributed by atoms with Crippen molar-refractivity contribution in [3.8, 4) is 0 Å². The summed E-state index contributed by atoms with van der Waals surface area (Å²) >= 11 is 0. The highest BCUT2D eigenvalue weighted by Gasteiger charge is 2.25. The van der Waals surface area contributed by atoms with E-state index < -0.39 is 11.5 Å². The Balaban J connectivity index is 2.19. The molecule has 0 aromatic heterocycles. The molecule has 114 valence electrons. The molecule has 1 amide bonds. The van der Waals surface area contributed by atoms with Gasteiger partial charge in [0, 0.05) is 32.2 Å². The maximum Gasteiger partial charge on any atom is 0.292 e. The molecule has 21 heavy (non-hydrogen) atoms. The smallest absolute Gasteiger partial charge is 0.292 e. The number of hydrogen-bond acceptors (Lipinski definition) is 6. The Morgan fingerprint density at radius 2 is 1.90 bits per heavy atom. The summed E-state index contributed by atoms with van der Waals surface area (Å²) in [5, 5.41) is 29.1. The van der Waals surface area contributed by atoms with Crippen molar-refractivity contribution in [2.45, 2.75) is 6.61 Å². The third kappa shape index (κ3) is 3.29. The van der Waals surface area contributed by atoms with Crippen LogP contribution in [0.4, 0.5) is 11.4 Å². The zero-order valence-electron chi connectivity index (χ0n) is 11.4. The zero-order chi connectivity index (χ0) is 15.4. The molecule has 8 nitrogen and oxygen atoms in total. The molecule has 1 aliphatic rings. The predicted octanol–water partition coefficient (Wildman–Crippen LogP) is -0.272. The number of nitro benzene ring substituents is 1. The number of carbonyl (C=O) groups is 1. The Kier molecular flexibility index (Phi) is 4.71. The van der Waals surface area contributed by atoms with Crippen molar-refractivity contribution in [3.05, 3.63) is 33.9 Å². The van der Waals surface area contributed by atoms with Gasteiger partial charge in [-0.2, -0.15) is 0 Å². The van der Waals surface area contributed by atoms with Crippen LogP contribution in [-0.2, 0) is 11.4 Å². The summed E-state index contributed by atoms with van der Waals surface area (Å²) < 4.78 is 0. The van der Waals surface area contributed by atoms with E-state index in [-0.39, 0.29) is 18.2 Å². The van der Waals surface area contributed by atoms with Gasteiger partial charge in [0.1, 0.15) is 12.3 Å². The average Bonchev–Trinajstić information content (AvgIpc) is 2.53. The molecular formula is C13H17N3O5. The molecule has 1 aromatic carbocycles. The first kappa shape index (κ1) is 15.2. The quantitative estimate of drug-likeness (QED) is 0.585. The summed E-state index contributed by atoms with van der Waals surface area (Å²) in [6.45, 7) is 0.983. The van der Waals surface area contributed by atoms with E-state index in [4.69, 9.17) is 10.2 Å². The van der Waals surface area contributed by atoms with Crippen molar-refractivity contribution < 1.29 is 19.9 Å². The Hall–Kier alpha value is -2.19. The van der Waals surface area contributed by atoms with Crippen LogP contribution in [0.5, 0.6) is 0 Å². The highest BCUT2D eigenvalue weighted by Crippen LogP contribution is 2.30. The highest BCUT2D eigenvalue weighted by molar-refractivity contribution is 5.77. The Bertz CT molecular complexity index is 541. The first-order valence-electron chi connectivity index (χ1n) is 6.58. The molecule has 0 bridgehead atoms. The number of nitro groups is 1. The van der Waals surface area contributed by atoms with Crippen molar-refractivity contribution in [2.75, 3.05) is 37.7 Å². The number of rotatable bonds is 4. The lowest BCUT2D eigenvalue weighted by molar-refractivity contribution is -0.384. The van der Waals surface area contributed by atoms with E-state index in [1.54, 1.807) is 6.07 Å². The number of aliphatic hydroxyl groups excluding tert-OH is 2. The largest absolute Gasteiger partial charge is 0.392 e. The second-order valence-corrected chi connectivity index (χ2v) is 4.76.